The van der Waals surface area contributed by atoms with Gasteiger partial charge in [0.2, 0.25) is 5.91 Å². The molecule has 4 nitrogen and oxygen atoms in total. The molecule has 1 aromatic carbocycles. The van der Waals surface area contributed by atoms with Gasteiger partial charge in [0, 0.05) is 0 Å². The molecule has 1 atom stereocenters. The van der Waals surface area contributed by atoms with Crippen LogP contribution >= 0.6 is 0 Å². The number of carbonyl (C=O) groups is 2. The van der Waals surface area contributed by atoms with Crippen LogP contribution in [0.5, 0.6) is 0 Å². The van der Waals surface area contributed by atoms with E-state index in [0.717, 1.165) is 31.2 Å². The van der Waals surface area contributed by atoms with E-state index in [2.05, 4.69) is 5.32 Å². The molecule has 1 aliphatic carbocycles. The third kappa shape index (κ3) is 3.00. The molecule has 0 spiro atoms. The van der Waals surface area contributed by atoms with E-state index in [1.807, 2.05) is 37.3 Å². The van der Waals surface area contributed by atoms with E-state index in [4.69, 9.17) is 0 Å². The number of nitrogens with one attached hydrogen (secondary N) is 1. The van der Waals surface area contributed by atoms with Crippen molar-refractivity contribution in [2.24, 2.45) is 0 Å². The highest BCUT2D eigenvalue weighted by molar-refractivity contribution is 5.93. The molecule has 1 saturated carbocycles. The van der Waals surface area contributed by atoms with Crippen molar-refractivity contribution in [2.75, 3.05) is 0 Å². The molecular formula is C16H21NO3. The van der Waals surface area contributed by atoms with Crippen LogP contribution in [0.4, 0.5) is 0 Å². The first-order valence-electron chi connectivity index (χ1n) is 7.19. The predicted molar refractivity (Wildman–Crippen MR) is 76.4 cm³/mol. The monoisotopic (exact) mass is 275 g/mol. The fourth-order valence-corrected chi connectivity index (χ4v) is 2.49. The topological polar surface area (TPSA) is 66.4 Å². The SMILES string of the molecule is CCCC[C@H](NC(=O)C1(c2ccccc2)CC1)C(=O)O. The second kappa shape index (κ2) is 6.07. The number of carbonyl (C=O) groups excluding carboxylic acids is 1. The van der Waals surface area contributed by atoms with Crippen LogP contribution in [-0.4, -0.2) is 23.0 Å². The Morgan fingerprint density at radius 3 is 2.45 bits per heavy atom. The molecule has 0 heterocycles. The van der Waals surface area contributed by atoms with Gasteiger partial charge in [0.25, 0.3) is 0 Å². The first kappa shape index (κ1) is 14.6. The van der Waals surface area contributed by atoms with Crippen LogP contribution in [-0.2, 0) is 15.0 Å². The smallest absolute Gasteiger partial charge is 0.326 e. The Hall–Kier alpha value is -1.84. The predicted octanol–water partition coefficient (Wildman–Crippen LogP) is 2.48. The molecule has 0 saturated heterocycles. The average Bonchev–Trinajstić information content (AvgIpc) is 3.25. The van der Waals surface area contributed by atoms with Crippen LogP contribution in [0.15, 0.2) is 30.3 Å². The molecule has 0 bridgehead atoms. The third-order valence-corrected chi connectivity index (χ3v) is 3.96. The molecule has 1 aliphatic rings. The maximum absolute atomic E-state index is 12.4. The van der Waals surface area contributed by atoms with Gasteiger partial charge in [-0.2, -0.15) is 0 Å². The number of rotatable bonds is 7. The molecule has 0 unspecified atom stereocenters. The third-order valence-electron chi connectivity index (χ3n) is 3.96. The summed E-state index contributed by atoms with van der Waals surface area (Å²) in [5, 5.41) is 11.9. The van der Waals surface area contributed by atoms with Crippen molar-refractivity contribution in [2.45, 2.75) is 50.5 Å². The molecule has 0 aromatic heterocycles. The van der Waals surface area contributed by atoms with Gasteiger partial charge in [0.15, 0.2) is 0 Å². The summed E-state index contributed by atoms with van der Waals surface area (Å²) in [4.78, 5) is 23.6. The molecule has 0 radical (unpaired) electrons. The molecular weight excluding hydrogens is 254 g/mol. The number of amides is 1. The summed E-state index contributed by atoms with van der Waals surface area (Å²) in [7, 11) is 0. The molecule has 108 valence electrons. The number of hydrogen-bond donors (Lipinski definition) is 2. The standard InChI is InChI=1S/C16H21NO3/c1-2-3-9-13(14(18)19)17-15(20)16(10-11-16)12-7-5-4-6-8-12/h4-8,13H,2-3,9-11H2,1H3,(H,17,20)(H,18,19)/t13-/m0/s1. The fraction of sp³-hybridized carbons (Fsp3) is 0.500. The highest BCUT2D eigenvalue weighted by atomic mass is 16.4. The van der Waals surface area contributed by atoms with E-state index in [9.17, 15) is 14.7 Å². The van der Waals surface area contributed by atoms with Gasteiger partial charge >= 0.3 is 5.97 Å². The van der Waals surface area contributed by atoms with Crippen molar-refractivity contribution in [1.29, 1.82) is 0 Å². The number of carboxylic acid groups (broad SMARTS) is 1. The number of carboxylic acids is 1. The Morgan fingerprint density at radius 2 is 1.95 bits per heavy atom. The zero-order valence-electron chi connectivity index (χ0n) is 11.8. The Morgan fingerprint density at radius 1 is 1.30 bits per heavy atom. The molecule has 1 amide bonds. The molecule has 1 aromatic rings. The van der Waals surface area contributed by atoms with E-state index in [1.165, 1.54) is 0 Å². The lowest BCUT2D eigenvalue weighted by Gasteiger charge is -2.20. The number of benzene rings is 1. The van der Waals surface area contributed by atoms with Crippen molar-refractivity contribution in [3.63, 3.8) is 0 Å². The molecule has 1 fully saturated rings. The van der Waals surface area contributed by atoms with Crippen molar-refractivity contribution >= 4 is 11.9 Å². The Bertz CT molecular complexity index is 480. The quantitative estimate of drug-likeness (QED) is 0.803. The molecule has 0 aliphatic heterocycles. The van der Waals surface area contributed by atoms with E-state index in [1.54, 1.807) is 0 Å². The van der Waals surface area contributed by atoms with Gasteiger partial charge in [-0.1, -0.05) is 50.1 Å². The first-order chi connectivity index (χ1) is 9.60. The summed E-state index contributed by atoms with van der Waals surface area (Å²) in [6, 6.07) is 8.84. The fourth-order valence-electron chi connectivity index (χ4n) is 2.49. The van der Waals surface area contributed by atoms with Crippen LogP contribution in [0.2, 0.25) is 0 Å². The minimum absolute atomic E-state index is 0.146. The highest BCUT2D eigenvalue weighted by Crippen LogP contribution is 2.48. The van der Waals surface area contributed by atoms with Gasteiger partial charge in [0.1, 0.15) is 6.04 Å². The lowest BCUT2D eigenvalue weighted by Crippen LogP contribution is -2.45. The Labute approximate surface area is 119 Å². The second-order valence-electron chi connectivity index (χ2n) is 5.45. The summed E-state index contributed by atoms with van der Waals surface area (Å²) < 4.78 is 0. The molecule has 20 heavy (non-hydrogen) atoms. The second-order valence-corrected chi connectivity index (χ2v) is 5.45. The summed E-state index contributed by atoms with van der Waals surface area (Å²) in [5.41, 5.74) is 0.485. The minimum Gasteiger partial charge on any atom is -0.480 e. The lowest BCUT2D eigenvalue weighted by molar-refractivity contribution is -0.142. The largest absolute Gasteiger partial charge is 0.480 e. The lowest BCUT2D eigenvalue weighted by atomic mass is 9.94. The van der Waals surface area contributed by atoms with Crippen molar-refractivity contribution in [3.8, 4) is 0 Å². The zero-order valence-corrected chi connectivity index (χ0v) is 11.8. The molecule has 2 rings (SSSR count). The van der Waals surface area contributed by atoms with Gasteiger partial charge < -0.3 is 10.4 Å². The molecule has 2 N–H and O–H groups in total. The van der Waals surface area contributed by atoms with Gasteiger partial charge in [-0.25, -0.2) is 4.79 Å². The van der Waals surface area contributed by atoms with Crippen LogP contribution < -0.4 is 5.32 Å². The van der Waals surface area contributed by atoms with Crippen molar-refractivity contribution < 1.29 is 14.7 Å². The Balaban J connectivity index is 2.05. The van der Waals surface area contributed by atoms with Gasteiger partial charge in [-0.05, 0) is 24.8 Å². The summed E-state index contributed by atoms with van der Waals surface area (Å²) in [5.74, 6) is -1.09. The van der Waals surface area contributed by atoms with Crippen LogP contribution in [0.3, 0.4) is 0 Å². The Kier molecular flexibility index (Phi) is 4.42. The maximum Gasteiger partial charge on any atom is 0.326 e. The summed E-state index contributed by atoms with van der Waals surface area (Å²) in [6.45, 7) is 2.01. The number of unbranched alkanes of at least 4 members (excludes halogenated alkanes) is 1. The number of aliphatic carboxylic acids is 1. The van der Waals surface area contributed by atoms with Crippen molar-refractivity contribution in [1.82, 2.24) is 5.32 Å². The van der Waals surface area contributed by atoms with Gasteiger partial charge in [-0.15, -0.1) is 0 Å². The van der Waals surface area contributed by atoms with Gasteiger partial charge in [-0.3, -0.25) is 4.79 Å². The van der Waals surface area contributed by atoms with Crippen LogP contribution in [0, 0.1) is 0 Å². The first-order valence-corrected chi connectivity index (χ1v) is 7.19. The normalized spacial score (nSPS) is 17.2. The maximum atomic E-state index is 12.4. The number of hydrogen-bond acceptors (Lipinski definition) is 2. The molecule has 4 heteroatoms. The van der Waals surface area contributed by atoms with E-state index in [-0.39, 0.29) is 5.91 Å². The summed E-state index contributed by atoms with van der Waals surface area (Å²) >= 11 is 0. The van der Waals surface area contributed by atoms with Crippen molar-refractivity contribution in [3.05, 3.63) is 35.9 Å². The van der Waals surface area contributed by atoms with E-state index in [0.29, 0.717) is 6.42 Å². The van der Waals surface area contributed by atoms with Crippen LogP contribution in [0.1, 0.15) is 44.6 Å². The van der Waals surface area contributed by atoms with Crippen LogP contribution in [0.25, 0.3) is 0 Å². The summed E-state index contributed by atoms with van der Waals surface area (Å²) in [6.07, 6.45) is 3.80. The highest BCUT2D eigenvalue weighted by Gasteiger charge is 2.51. The van der Waals surface area contributed by atoms with Gasteiger partial charge in [0.05, 0.1) is 5.41 Å². The zero-order chi connectivity index (χ0) is 14.6. The van der Waals surface area contributed by atoms with E-state index < -0.39 is 17.4 Å². The average molecular weight is 275 g/mol. The minimum atomic E-state index is -0.948. The van der Waals surface area contributed by atoms with E-state index >= 15 is 0 Å².